The lowest BCUT2D eigenvalue weighted by molar-refractivity contribution is -0.117. The minimum absolute atomic E-state index is 0.0113. The van der Waals surface area contributed by atoms with Crippen LogP contribution in [0.5, 0.6) is 0 Å². The van der Waals surface area contributed by atoms with Crippen molar-refractivity contribution in [1.29, 1.82) is 0 Å². The fourth-order valence-electron chi connectivity index (χ4n) is 2.52. The molecule has 0 aromatic carbocycles. The molecule has 2 heterocycles. The van der Waals surface area contributed by atoms with Gasteiger partial charge in [-0.05, 0) is 18.9 Å². The molecule has 11 nitrogen and oxygen atoms in total. The molecule has 1 aliphatic carbocycles. The highest BCUT2D eigenvalue weighted by Crippen LogP contribution is 2.32. The van der Waals surface area contributed by atoms with E-state index in [9.17, 15) is 18.4 Å². The predicted molar refractivity (Wildman–Crippen MR) is 107 cm³/mol. The number of hydrogen-bond donors (Lipinski definition) is 4. The second kappa shape index (κ2) is 8.94. The van der Waals surface area contributed by atoms with E-state index in [0.29, 0.717) is 17.1 Å². The zero-order valence-corrected chi connectivity index (χ0v) is 16.5. The van der Waals surface area contributed by atoms with Crippen molar-refractivity contribution in [3.63, 3.8) is 0 Å². The average Bonchev–Trinajstić information content (AvgIpc) is 3.53. The van der Waals surface area contributed by atoms with Crippen molar-refractivity contribution in [2.24, 2.45) is 5.92 Å². The summed E-state index contributed by atoms with van der Waals surface area (Å²) >= 11 is -2.26. The van der Waals surface area contributed by atoms with Crippen molar-refractivity contribution >= 4 is 46.0 Å². The van der Waals surface area contributed by atoms with Crippen LogP contribution in [0.1, 0.15) is 23.2 Å². The number of nitrogens with one attached hydrogen (secondary N) is 3. The number of pyridine rings is 2. The number of carbonyl (C=O) groups excluding carboxylic acids is 2. The Morgan fingerprint density at radius 2 is 2.07 bits per heavy atom. The van der Waals surface area contributed by atoms with Crippen LogP contribution in [0, 0.1) is 5.92 Å². The zero-order valence-electron chi connectivity index (χ0n) is 15.7. The van der Waals surface area contributed by atoms with Gasteiger partial charge in [0.25, 0.3) is 17.2 Å². The van der Waals surface area contributed by atoms with Crippen molar-refractivity contribution < 1.29 is 23.2 Å². The normalized spacial score (nSPS) is 14.0. The molecule has 0 spiro atoms. The number of hydrogen-bond acceptors (Lipinski definition) is 7. The van der Waals surface area contributed by atoms with E-state index in [0.717, 1.165) is 17.1 Å². The van der Waals surface area contributed by atoms with Gasteiger partial charge in [-0.3, -0.25) is 28.3 Å². The summed E-state index contributed by atoms with van der Waals surface area (Å²) in [7, 11) is 2.73. The van der Waals surface area contributed by atoms with Crippen molar-refractivity contribution in [3.8, 4) is 0 Å². The van der Waals surface area contributed by atoms with E-state index >= 15 is 0 Å². The zero-order chi connectivity index (χ0) is 21.0. The molecule has 1 unspecified atom stereocenters. The predicted octanol–water partition coefficient (Wildman–Crippen LogP) is 1.43. The topological polar surface area (TPSA) is 146 Å². The largest absolute Gasteiger partial charge is 0.352 e. The first-order chi connectivity index (χ1) is 13.9. The number of aromatic nitrogens is 2. The van der Waals surface area contributed by atoms with Gasteiger partial charge in [0, 0.05) is 31.4 Å². The number of rotatable bonds is 8. The molecular weight excluding hydrogens is 400 g/mol. The van der Waals surface area contributed by atoms with Crippen LogP contribution >= 0.6 is 0 Å². The van der Waals surface area contributed by atoms with Crippen molar-refractivity contribution in [2.75, 3.05) is 29.1 Å². The third-order valence-corrected chi connectivity index (χ3v) is 4.85. The first-order valence-corrected chi connectivity index (χ1v) is 9.67. The SMILES string of the molecule is CONC(=O)c1cnc(NC(=O)C2CC2)cc1Nc1cnccc1N(C)S(=O)O. The number of amides is 2. The standard InChI is InChI=1S/C17H20N6O5S/c1-23(29(26)27)14-5-6-18-9-13(14)20-12-7-15(21-16(24)10-3-4-10)19-8-11(12)17(25)22-28-2/h5-10H,3-4H2,1-2H3,(H,22,25)(H,26,27)(H2,19,20,21,24). The molecular formula is C17H20N6O5S. The molecule has 1 atom stereocenters. The van der Waals surface area contributed by atoms with Gasteiger partial charge in [-0.1, -0.05) is 0 Å². The van der Waals surface area contributed by atoms with Crippen LogP contribution in [0.3, 0.4) is 0 Å². The molecule has 2 amide bonds. The van der Waals surface area contributed by atoms with Crippen LogP contribution in [0.2, 0.25) is 0 Å². The monoisotopic (exact) mass is 420 g/mol. The highest BCUT2D eigenvalue weighted by Gasteiger charge is 2.30. The summed E-state index contributed by atoms with van der Waals surface area (Å²) in [6.45, 7) is 0. The molecule has 1 saturated carbocycles. The molecule has 1 fully saturated rings. The van der Waals surface area contributed by atoms with E-state index in [1.165, 1.54) is 38.8 Å². The molecule has 0 saturated heterocycles. The van der Waals surface area contributed by atoms with E-state index in [1.54, 1.807) is 6.07 Å². The fraction of sp³-hybridized carbons (Fsp3) is 0.294. The van der Waals surface area contributed by atoms with Crippen LogP contribution in [-0.4, -0.2) is 44.7 Å². The van der Waals surface area contributed by atoms with Crippen LogP contribution in [-0.2, 0) is 20.9 Å². The lowest BCUT2D eigenvalue weighted by atomic mass is 10.2. The molecule has 3 rings (SSSR count). The van der Waals surface area contributed by atoms with Crippen LogP contribution < -0.4 is 20.4 Å². The van der Waals surface area contributed by atoms with Crippen LogP contribution in [0.25, 0.3) is 0 Å². The smallest absolute Gasteiger partial charge is 0.278 e. The van der Waals surface area contributed by atoms with Crippen molar-refractivity contribution in [3.05, 3.63) is 36.3 Å². The van der Waals surface area contributed by atoms with Gasteiger partial charge in [-0.25, -0.2) is 14.7 Å². The van der Waals surface area contributed by atoms with E-state index in [1.807, 2.05) is 0 Å². The van der Waals surface area contributed by atoms with Gasteiger partial charge in [-0.2, -0.15) is 0 Å². The quantitative estimate of drug-likeness (QED) is 0.371. The molecule has 2 aromatic heterocycles. The maximum atomic E-state index is 12.3. The summed E-state index contributed by atoms with van der Waals surface area (Å²) in [6.07, 6.45) is 5.89. The minimum atomic E-state index is -2.26. The van der Waals surface area contributed by atoms with Gasteiger partial charge in [0.15, 0.2) is 0 Å². The van der Waals surface area contributed by atoms with E-state index in [4.69, 9.17) is 0 Å². The van der Waals surface area contributed by atoms with Gasteiger partial charge in [0.05, 0.1) is 35.9 Å². The molecule has 0 radical (unpaired) electrons. The number of nitrogens with zero attached hydrogens (tertiary/aromatic N) is 3. The second-order valence-corrected chi connectivity index (χ2v) is 7.27. The summed E-state index contributed by atoms with van der Waals surface area (Å²) < 4.78 is 22.0. The molecule has 0 aliphatic heterocycles. The van der Waals surface area contributed by atoms with Gasteiger partial charge in [0.2, 0.25) is 5.91 Å². The average molecular weight is 420 g/mol. The fourth-order valence-corrected chi connectivity index (χ4v) is 2.84. The summed E-state index contributed by atoms with van der Waals surface area (Å²) in [4.78, 5) is 37.2. The lowest BCUT2D eigenvalue weighted by Crippen LogP contribution is -2.24. The highest BCUT2D eigenvalue weighted by molar-refractivity contribution is 7.80. The number of hydroxylamine groups is 1. The third-order valence-electron chi connectivity index (χ3n) is 4.18. The minimum Gasteiger partial charge on any atom is -0.352 e. The van der Waals surface area contributed by atoms with Crippen LogP contribution in [0.4, 0.5) is 22.9 Å². The molecule has 1 aliphatic rings. The Kier molecular flexibility index (Phi) is 6.36. The van der Waals surface area contributed by atoms with Gasteiger partial charge in [0.1, 0.15) is 5.82 Å². The molecule has 12 heteroatoms. The summed E-state index contributed by atoms with van der Waals surface area (Å²) in [5, 5.41) is 5.73. The number of carbonyl (C=O) groups is 2. The highest BCUT2D eigenvalue weighted by atomic mass is 32.2. The third kappa shape index (κ3) is 5.04. The summed E-state index contributed by atoms with van der Waals surface area (Å²) in [5.41, 5.74) is 3.39. The van der Waals surface area contributed by atoms with E-state index in [-0.39, 0.29) is 23.2 Å². The molecule has 4 N–H and O–H groups in total. The maximum absolute atomic E-state index is 12.3. The first kappa shape index (κ1) is 20.6. The Labute approximate surface area is 169 Å². The molecule has 154 valence electrons. The van der Waals surface area contributed by atoms with Crippen molar-refractivity contribution in [2.45, 2.75) is 12.8 Å². The summed E-state index contributed by atoms with van der Waals surface area (Å²) in [5.74, 6) is -0.437. The first-order valence-electron chi connectivity index (χ1n) is 8.60. The van der Waals surface area contributed by atoms with Crippen LogP contribution in [0.15, 0.2) is 30.7 Å². The van der Waals surface area contributed by atoms with Gasteiger partial charge >= 0.3 is 0 Å². The van der Waals surface area contributed by atoms with Gasteiger partial charge < -0.3 is 10.6 Å². The second-order valence-electron chi connectivity index (χ2n) is 6.26. The lowest BCUT2D eigenvalue weighted by Gasteiger charge is -2.19. The Hall–Kier alpha value is -3.09. The van der Waals surface area contributed by atoms with Crippen molar-refractivity contribution in [1.82, 2.24) is 15.4 Å². The summed E-state index contributed by atoms with van der Waals surface area (Å²) in [6, 6.07) is 3.04. The molecule has 2 aromatic rings. The van der Waals surface area contributed by atoms with Gasteiger partial charge in [-0.15, -0.1) is 0 Å². The Bertz CT molecular complexity index is 952. The Balaban J connectivity index is 1.96. The number of anilines is 4. The maximum Gasteiger partial charge on any atom is 0.278 e. The Morgan fingerprint density at radius 1 is 1.31 bits per heavy atom. The Morgan fingerprint density at radius 3 is 2.72 bits per heavy atom. The van der Waals surface area contributed by atoms with E-state index in [2.05, 4.69) is 30.9 Å². The van der Waals surface area contributed by atoms with E-state index < -0.39 is 17.2 Å². The molecule has 0 bridgehead atoms. The molecule has 29 heavy (non-hydrogen) atoms.